The number of carbonyl (C=O) groups excluding carboxylic acids is 1. The van der Waals surface area contributed by atoms with E-state index in [-0.39, 0.29) is 12.5 Å². The predicted octanol–water partition coefficient (Wildman–Crippen LogP) is -0.547. The Morgan fingerprint density at radius 1 is 1.47 bits per heavy atom. The zero-order chi connectivity index (χ0) is 11.5. The summed E-state index contributed by atoms with van der Waals surface area (Å²) >= 11 is 0. The molecular weight excluding hydrogens is 196 g/mol. The van der Waals surface area contributed by atoms with E-state index in [1.54, 1.807) is 7.11 Å². The van der Waals surface area contributed by atoms with Gasteiger partial charge in [-0.05, 0) is 13.0 Å². The molecule has 0 aliphatic heterocycles. The highest BCUT2D eigenvalue weighted by atomic mass is 16.5. The van der Waals surface area contributed by atoms with Gasteiger partial charge in [-0.1, -0.05) is 6.92 Å². The highest BCUT2D eigenvalue weighted by molar-refractivity contribution is 5.77. The minimum Gasteiger partial charge on any atom is -0.395 e. The van der Waals surface area contributed by atoms with Crippen LogP contribution in [0.25, 0.3) is 0 Å². The molecule has 0 aromatic rings. The molecule has 0 bridgehead atoms. The maximum absolute atomic E-state index is 11.4. The van der Waals surface area contributed by atoms with Gasteiger partial charge in [0.1, 0.15) is 0 Å². The molecule has 0 unspecified atom stereocenters. The summed E-state index contributed by atoms with van der Waals surface area (Å²) in [6, 6.07) is 0. The topological polar surface area (TPSA) is 61.8 Å². The fraction of sp³-hybridized carbons (Fsp3) is 0.900. The summed E-state index contributed by atoms with van der Waals surface area (Å²) in [5, 5.41) is 11.5. The molecule has 0 aromatic carbocycles. The average molecular weight is 218 g/mol. The molecule has 15 heavy (non-hydrogen) atoms. The van der Waals surface area contributed by atoms with E-state index in [9.17, 15) is 4.79 Å². The monoisotopic (exact) mass is 218 g/mol. The third-order valence-corrected chi connectivity index (χ3v) is 1.95. The Kier molecular flexibility index (Phi) is 9.46. The molecule has 5 heteroatoms. The van der Waals surface area contributed by atoms with Crippen LogP contribution >= 0.6 is 0 Å². The second-order valence-corrected chi connectivity index (χ2v) is 3.34. The number of nitrogens with one attached hydrogen (secondary N) is 1. The molecule has 0 atom stereocenters. The van der Waals surface area contributed by atoms with Crippen molar-refractivity contribution in [2.75, 3.05) is 46.5 Å². The number of hydrogen-bond acceptors (Lipinski definition) is 4. The molecule has 0 fully saturated rings. The lowest BCUT2D eigenvalue weighted by Gasteiger charge is -2.19. The summed E-state index contributed by atoms with van der Waals surface area (Å²) in [5.74, 6) is -0.0195. The quantitative estimate of drug-likeness (QED) is 0.510. The van der Waals surface area contributed by atoms with Crippen molar-refractivity contribution in [2.45, 2.75) is 13.3 Å². The molecule has 0 saturated heterocycles. The molecule has 0 aromatic heterocycles. The second-order valence-electron chi connectivity index (χ2n) is 3.34. The molecule has 0 saturated carbocycles. The van der Waals surface area contributed by atoms with Crippen LogP contribution in [0.5, 0.6) is 0 Å². The maximum Gasteiger partial charge on any atom is 0.234 e. The summed E-state index contributed by atoms with van der Waals surface area (Å²) < 4.78 is 4.82. The number of methoxy groups -OCH3 is 1. The lowest BCUT2D eigenvalue weighted by atomic mass is 10.4. The van der Waals surface area contributed by atoms with Crippen LogP contribution in [0.4, 0.5) is 0 Å². The van der Waals surface area contributed by atoms with Gasteiger partial charge < -0.3 is 15.2 Å². The van der Waals surface area contributed by atoms with Crippen LogP contribution in [0.15, 0.2) is 0 Å². The Morgan fingerprint density at radius 3 is 2.73 bits per heavy atom. The number of hydrogen-bond donors (Lipinski definition) is 2. The van der Waals surface area contributed by atoms with Crippen molar-refractivity contribution in [3.8, 4) is 0 Å². The normalized spacial score (nSPS) is 10.7. The van der Waals surface area contributed by atoms with Crippen molar-refractivity contribution in [1.29, 1.82) is 0 Å². The third-order valence-electron chi connectivity index (χ3n) is 1.95. The number of nitrogens with zero attached hydrogens (tertiary/aromatic N) is 1. The van der Waals surface area contributed by atoms with Crippen LogP contribution < -0.4 is 5.32 Å². The van der Waals surface area contributed by atoms with Crippen molar-refractivity contribution in [2.24, 2.45) is 0 Å². The summed E-state index contributed by atoms with van der Waals surface area (Å²) in [6.07, 6.45) is 0.978. The number of rotatable bonds is 9. The molecule has 0 heterocycles. The molecule has 0 radical (unpaired) electrons. The maximum atomic E-state index is 11.4. The third kappa shape index (κ3) is 8.35. The van der Waals surface area contributed by atoms with E-state index in [0.717, 1.165) is 13.0 Å². The van der Waals surface area contributed by atoms with E-state index in [2.05, 4.69) is 5.32 Å². The first kappa shape index (κ1) is 14.3. The van der Waals surface area contributed by atoms with Crippen molar-refractivity contribution in [3.05, 3.63) is 0 Å². The van der Waals surface area contributed by atoms with Crippen molar-refractivity contribution in [3.63, 3.8) is 0 Å². The average Bonchev–Trinajstić information content (AvgIpc) is 2.19. The van der Waals surface area contributed by atoms with Crippen LogP contribution in [0, 0.1) is 0 Å². The van der Waals surface area contributed by atoms with Gasteiger partial charge in [0, 0.05) is 20.2 Å². The van der Waals surface area contributed by atoms with Crippen LogP contribution in [-0.2, 0) is 9.53 Å². The number of amides is 1. The fourth-order valence-electron chi connectivity index (χ4n) is 1.28. The van der Waals surface area contributed by atoms with Gasteiger partial charge >= 0.3 is 0 Å². The van der Waals surface area contributed by atoms with Crippen molar-refractivity contribution in [1.82, 2.24) is 10.2 Å². The Morgan fingerprint density at radius 2 is 2.20 bits per heavy atom. The summed E-state index contributed by atoms with van der Waals surface area (Å²) in [7, 11) is 1.60. The van der Waals surface area contributed by atoms with Gasteiger partial charge in [0.25, 0.3) is 0 Å². The van der Waals surface area contributed by atoms with Gasteiger partial charge in [0.2, 0.25) is 5.91 Å². The van der Waals surface area contributed by atoms with Crippen LogP contribution in [-0.4, -0.2) is 62.4 Å². The van der Waals surface area contributed by atoms with E-state index < -0.39 is 0 Å². The first-order valence-electron chi connectivity index (χ1n) is 5.33. The van der Waals surface area contributed by atoms with Crippen molar-refractivity contribution >= 4 is 5.91 Å². The SMILES string of the molecule is CCCN(CCO)CC(=O)NCCOC. The summed E-state index contributed by atoms with van der Waals surface area (Å²) in [6.45, 7) is 4.93. The predicted molar refractivity (Wildman–Crippen MR) is 58.7 cm³/mol. The minimum absolute atomic E-state index is 0.0195. The van der Waals surface area contributed by atoms with E-state index in [4.69, 9.17) is 9.84 Å². The van der Waals surface area contributed by atoms with E-state index in [1.165, 1.54) is 0 Å². The highest BCUT2D eigenvalue weighted by Gasteiger charge is 2.08. The van der Waals surface area contributed by atoms with Gasteiger partial charge in [-0.3, -0.25) is 9.69 Å². The largest absolute Gasteiger partial charge is 0.395 e. The molecule has 90 valence electrons. The summed E-state index contributed by atoms with van der Waals surface area (Å²) in [5.41, 5.74) is 0. The zero-order valence-corrected chi connectivity index (χ0v) is 9.66. The van der Waals surface area contributed by atoms with Gasteiger partial charge in [0.15, 0.2) is 0 Å². The molecule has 5 nitrogen and oxygen atoms in total. The van der Waals surface area contributed by atoms with Crippen LogP contribution in [0.1, 0.15) is 13.3 Å². The van der Waals surface area contributed by atoms with Crippen molar-refractivity contribution < 1.29 is 14.6 Å². The van der Waals surface area contributed by atoms with E-state index in [1.807, 2.05) is 11.8 Å². The first-order chi connectivity index (χ1) is 7.24. The Hall–Kier alpha value is -0.650. The van der Waals surface area contributed by atoms with Gasteiger partial charge in [-0.15, -0.1) is 0 Å². The van der Waals surface area contributed by atoms with Crippen LogP contribution in [0.2, 0.25) is 0 Å². The molecule has 0 spiro atoms. The lowest BCUT2D eigenvalue weighted by molar-refractivity contribution is -0.122. The number of carbonyl (C=O) groups is 1. The highest BCUT2D eigenvalue weighted by Crippen LogP contribution is 1.90. The smallest absolute Gasteiger partial charge is 0.234 e. The Bertz CT molecular complexity index is 159. The fourth-order valence-corrected chi connectivity index (χ4v) is 1.28. The first-order valence-corrected chi connectivity index (χ1v) is 5.33. The standard InChI is InChI=1S/C10H22N2O3/c1-3-5-12(6-7-13)9-10(14)11-4-8-15-2/h13H,3-9H2,1-2H3,(H,11,14). The second kappa shape index (κ2) is 9.89. The molecule has 0 aliphatic carbocycles. The molecule has 2 N–H and O–H groups in total. The van der Waals surface area contributed by atoms with Gasteiger partial charge in [-0.2, -0.15) is 0 Å². The minimum atomic E-state index is -0.0195. The van der Waals surface area contributed by atoms with Gasteiger partial charge in [0.05, 0.1) is 19.8 Å². The Balaban J connectivity index is 3.67. The van der Waals surface area contributed by atoms with Gasteiger partial charge in [-0.25, -0.2) is 0 Å². The van der Waals surface area contributed by atoms with E-state index in [0.29, 0.717) is 26.2 Å². The molecular formula is C10H22N2O3. The molecule has 0 rings (SSSR count). The summed E-state index contributed by atoms with van der Waals surface area (Å²) in [4.78, 5) is 13.3. The number of aliphatic hydroxyl groups excluding tert-OH is 1. The zero-order valence-electron chi connectivity index (χ0n) is 9.66. The van der Waals surface area contributed by atoms with E-state index >= 15 is 0 Å². The Labute approximate surface area is 91.4 Å². The molecule has 0 aliphatic rings. The van der Waals surface area contributed by atoms with Crippen LogP contribution in [0.3, 0.4) is 0 Å². The number of aliphatic hydroxyl groups is 1. The molecule has 1 amide bonds. The lowest BCUT2D eigenvalue weighted by Crippen LogP contribution is -2.40. The number of ether oxygens (including phenoxy) is 1.